The van der Waals surface area contributed by atoms with Gasteiger partial charge in [-0.2, -0.15) is 11.8 Å². The summed E-state index contributed by atoms with van der Waals surface area (Å²) in [6, 6.07) is 0. The van der Waals surface area contributed by atoms with Crippen molar-refractivity contribution in [1.29, 1.82) is 0 Å². The predicted molar refractivity (Wildman–Crippen MR) is 86.5 cm³/mol. The Morgan fingerprint density at radius 3 is 3.05 bits per heavy atom. The van der Waals surface area contributed by atoms with Crippen molar-refractivity contribution in [2.24, 2.45) is 5.92 Å². The van der Waals surface area contributed by atoms with Crippen molar-refractivity contribution in [2.45, 2.75) is 44.6 Å². The Labute approximate surface area is 131 Å². The number of piperidine rings is 1. The summed E-state index contributed by atoms with van der Waals surface area (Å²) in [7, 11) is 0. The minimum atomic E-state index is 0.314. The van der Waals surface area contributed by atoms with Crippen LogP contribution in [0, 0.1) is 5.92 Å². The molecule has 2 aliphatic rings. The van der Waals surface area contributed by atoms with E-state index in [-0.39, 0.29) is 0 Å². The van der Waals surface area contributed by atoms with Crippen LogP contribution in [0.25, 0.3) is 0 Å². The van der Waals surface area contributed by atoms with Gasteiger partial charge in [-0.3, -0.25) is 4.79 Å². The first kappa shape index (κ1) is 14.9. The SMILES string of the molecule is CSCCC(=O)N1CCC[C@H](c2nccn2CC2CC2)C1. The summed E-state index contributed by atoms with van der Waals surface area (Å²) in [6.07, 6.45) is 11.8. The maximum Gasteiger partial charge on any atom is 0.223 e. The standard InChI is InChI=1S/C16H25N3OS/c1-21-10-6-15(20)18-8-2-3-14(12-18)16-17-7-9-19(16)11-13-4-5-13/h7,9,13-14H,2-6,8,10-12H2,1H3/t14-/m0/s1. The fraction of sp³-hybridized carbons (Fsp3) is 0.750. The summed E-state index contributed by atoms with van der Waals surface area (Å²) in [4.78, 5) is 18.9. The lowest BCUT2D eigenvalue weighted by molar-refractivity contribution is -0.132. The zero-order valence-corrected chi connectivity index (χ0v) is 13.6. The minimum absolute atomic E-state index is 0.314. The fourth-order valence-electron chi connectivity index (χ4n) is 3.18. The first-order valence-electron chi connectivity index (χ1n) is 8.05. The summed E-state index contributed by atoms with van der Waals surface area (Å²) in [6.45, 7) is 2.90. The number of hydrogen-bond acceptors (Lipinski definition) is 3. The Morgan fingerprint density at radius 2 is 2.29 bits per heavy atom. The Morgan fingerprint density at radius 1 is 1.43 bits per heavy atom. The average molecular weight is 307 g/mol. The van der Waals surface area contributed by atoms with Crippen LogP contribution in [-0.4, -0.2) is 45.5 Å². The second-order valence-electron chi connectivity index (χ2n) is 6.30. The van der Waals surface area contributed by atoms with Gasteiger partial charge in [0.05, 0.1) is 0 Å². The number of hydrogen-bond donors (Lipinski definition) is 0. The van der Waals surface area contributed by atoms with Crippen LogP contribution in [0.1, 0.15) is 43.8 Å². The van der Waals surface area contributed by atoms with Crippen molar-refractivity contribution in [3.8, 4) is 0 Å². The minimum Gasteiger partial charge on any atom is -0.342 e. The molecule has 0 radical (unpaired) electrons. The number of nitrogens with zero attached hydrogens (tertiary/aromatic N) is 3. The maximum atomic E-state index is 12.2. The second-order valence-corrected chi connectivity index (χ2v) is 7.29. The lowest BCUT2D eigenvalue weighted by atomic mass is 9.97. The van der Waals surface area contributed by atoms with E-state index in [2.05, 4.69) is 26.9 Å². The molecule has 0 N–H and O–H groups in total. The molecule has 21 heavy (non-hydrogen) atoms. The lowest BCUT2D eigenvalue weighted by Crippen LogP contribution is -2.40. The van der Waals surface area contributed by atoms with Gasteiger partial charge in [0.1, 0.15) is 5.82 Å². The van der Waals surface area contributed by atoms with Crippen molar-refractivity contribution in [3.05, 3.63) is 18.2 Å². The van der Waals surface area contributed by atoms with Gasteiger partial charge in [0.2, 0.25) is 5.91 Å². The molecule has 0 aromatic carbocycles. The van der Waals surface area contributed by atoms with Crippen molar-refractivity contribution >= 4 is 17.7 Å². The van der Waals surface area contributed by atoms with E-state index in [0.717, 1.165) is 44.1 Å². The highest BCUT2D eigenvalue weighted by molar-refractivity contribution is 7.98. The van der Waals surface area contributed by atoms with E-state index in [9.17, 15) is 4.79 Å². The number of imidazole rings is 1. The molecule has 1 saturated heterocycles. The van der Waals surface area contributed by atoms with Crippen LogP contribution < -0.4 is 0 Å². The first-order chi connectivity index (χ1) is 10.3. The van der Waals surface area contributed by atoms with Gasteiger partial charge in [-0.25, -0.2) is 4.98 Å². The molecule has 2 fully saturated rings. The van der Waals surface area contributed by atoms with Gasteiger partial charge in [0.25, 0.3) is 0 Å². The average Bonchev–Trinajstić information content (AvgIpc) is 3.20. The predicted octanol–water partition coefficient (Wildman–Crippen LogP) is 2.75. The van der Waals surface area contributed by atoms with Crippen molar-refractivity contribution < 1.29 is 4.79 Å². The lowest BCUT2D eigenvalue weighted by Gasteiger charge is -2.32. The third-order valence-electron chi connectivity index (χ3n) is 4.56. The topological polar surface area (TPSA) is 38.1 Å². The molecule has 0 unspecified atom stereocenters. The Balaban J connectivity index is 1.62. The molecule has 1 aromatic heterocycles. The van der Waals surface area contributed by atoms with Crippen molar-refractivity contribution in [2.75, 3.05) is 25.1 Å². The molecule has 3 rings (SSSR count). The summed E-state index contributed by atoms with van der Waals surface area (Å²) >= 11 is 1.74. The number of carbonyl (C=O) groups is 1. The van der Waals surface area contributed by atoms with E-state index in [0.29, 0.717) is 18.2 Å². The number of amides is 1. The quantitative estimate of drug-likeness (QED) is 0.811. The van der Waals surface area contributed by atoms with Gasteiger partial charge >= 0.3 is 0 Å². The molecular formula is C16H25N3OS. The van der Waals surface area contributed by atoms with E-state index >= 15 is 0 Å². The summed E-state index contributed by atoms with van der Waals surface area (Å²) in [5.41, 5.74) is 0. The van der Waals surface area contributed by atoms with E-state index in [4.69, 9.17) is 0 Å². The van der Waals surface area contributed by atoms with E-state index in [1.54, 1.807) is 11.8 Å². The fourth-order valence-corrected chi connectivity index (χ4v) is 3.55. The zero-order chi connectivity index (χ0) is 14.7. The highest BCUT2D eigenvalue weighted by Gasteiger charge is 2.29. The highest BCUT2D eigenvalue weighted by atomic mass is 32.2. The third-order valence-corrected chi connectivity index (χ3v) is 5.17. The number of aromatic nitrogens is 2. The van der Waals surface area contributed by atoms with Crippen molar-refractivity contribution in [1.82, 2.24) is 14.5 Å². The first-order valence-corrected chi connectivity index (χ1v) is 9.45. The van der Waals surface area contributed by atoms with Gasteiger partial charge in [-0.15, -0.1) is 0 Å². The van der Waals surface area contributed by atoms with E-state index in [1.807, 2.05) is 6.20 Å². The maximum absolute atomic E-state index is 12.2. The second kappa shape index (κ2) is 6.86. The molecule has 116 valence electrons. The molecule has 0 spiro atoms. The van der Waals surface area contributed by atoms with Gasteiger partial charge in [-0.05, 0) is 37.9 Å². The van der Waals surface area contributed by atoms with Crippen LogP contribution in [0.15, 0.2) is 12.4 Å². The smallest absolute Gasteiger partial charge is 0.223 e. The van der Waals surface area contributed by atoms with Crippen LogP contribution in [-0.2, 0) is 11.3 Å². The molecule has 5 heteroatoms. The van der Waals surface area contributed by atoms with Crippen LogP contribution in [0.3, 0.4) is 0 Å². The van der Waals surface area contributed by atoms with E-state index in [1.165, 1.54) is 18.7 Å². The number of likely N-dealkylation sites (tertiary alicyclic amines) is 1. The van der Waals surface area contributed by atoms with Crippen molar-refractivity contribution in [3.63, 3.8) is 0 Å². The summed E-state index contributed by atoms with van der Waals surface area (Å²) in [5.74, 6) is 3.72. The Hall–Kier alpha value is -0.970. The molecule has 2 heterocycles. The number of carbonyl (C=O) groups excluding carboxylic acids is 1. The van der Waals surface area contributed by atoms with Crippen LogP contribution in [0.2, 0.25) is 0 Å². The number of thioether (sulfide) groups is 1. The molecule has 1 amide bonds. The van der Waals surface area contributed by atoms with Crippen LogP contribution in [0.5, 0.6) is 0 Å². The molecule has 1 aromatic rings. The normalized spacial score (nSPS) is 22.5. The summed E-state index contributed by atoms with van der Waals surface area (Å²) in [5, 5.41) is 0. The largest absolute Gasteiger partial charge is 0.342 e. The monoisotopic (exact) mass is 307 g/mol. The Bertz CT molecular complexity index is 484. The molecule has 1 atom stereocenters. The molecule has 1 aliphatic heterocycles. The Kier molecular flexibility index (Phi) is 4.88. The number of rotatable bonds is 6. The highest BCUT2D eigenvalue weighted by Crippen LogP contribution is 2.33. The molecule has 4 nitrogen and oxygen atoms in total. The zero-order valence-electron chi connectivity index (χ0n) is 12.8. The molecule has 1 aliphatic carbocycles. The molecule has 1 saturated carbocycles. The van der Waals surface area contributed by atoms with Crippen LogP contribution in [0.4, 0.5) is 0 Å². The van der Waals surface area contributed by atoms with Crippen LogP contribution >= 0.6 is 11.8 Å². The summed E-state index contributed by atoms with van der Waals surface area (Å²) < 4.78 is 2.33. The molecular weight excluding hydrogens is 282 g/mol. The van der Waals surface area contributed by atoms with Gasteiger partial charge in [-0.1, -0.05) is 0 Å². The van der Waals surface area contributed by atoms with E-state index < -0.39 is 0 Å². The van der Waals surface area contributed by atoms with Gasteiger partial charge in [0.15, 0.2) is 0 Å². The molecule has 0 bridgehead atoms. The van der Waals surface area contributed by atoms with Gasteiger partial charge in [0, 0.05) is 50.1 Å². The third kappa shape index (κ3) is 3.82. The van der Waals surface area contributed by atoms with Gasteiger partial charge < -0.3 is 9.47 Å².